The van der Waals surface area contributed by atoms with Crippen molar-refractivity contribution in [3.8, 4) is 5.69 Å². The molecule has 4 aromatic rings. The molecule has 0 radical (unpaired) electrons. The van der Waals surface area contributed by atoms with Crippen LogP contribution in [0, 0.1) is 6.92 Å². The van der Waals surface area contributed by atoms with Gasteiger partial charge in [0.1, 0.15) is 0 Å². The van der Waals surface area contributed by atoms with Crippen LogP contribution in [-0.4, -0.2) is 28.3 Å². The number of halogens is 1. The number of hydrogen-bond acceptors (Lipinski definition) is 4. The van der Waals surface area contributed by atoms with E-state index in [0.29, 0.717) is 16.5 Å². The Bertz CT molecular complexity index is 1300. The van der Waals surface area contributed by atoms with Gasteiger partial charge in [0.05, 0.1) is 28.5 Å². The number of ether oxygens (including phenoxy) is 1. The predicted octanol–water partition coefficient (Wildman–Crippen LogP) is 5.83. The second-order valence-corrected chi connectivity index (χ2v) is 8.85. The van der Waals surface area contributed by atoms with Crippen molar-refractivity contribution in [3.63, 3.8) is 0 Å². The number of esters is 1. The molecule has 0 aliphatic carbocycles. The highest BCUT2D eigenvalue weighted by atomic mass is 79.9. The van der Waals surface area contributed by atoms with E-state index in [1.165, 1.54) is 0 Å². The summed E-state index contributed by atoms with van der Waals surface area (Å²) in [6.45, 7) is 3.88. The average Bonchev–Trinajstić information content (AvgIpc) is 3.19. The SMILES string of the molecule is CCOC(=O)c1nn(-c2ccc(C(=O)N[C@@H](Cc3ccccc3)c3ccccc3)cc2)c(C)c1Br. The summed E-state index contributed by atoms with van der Waals surface area (Å²) in [6, 6.07) is 27.0. The zero-order valence-electron chi connectivity index (χ0n) is 19.6. The maximum atomic E-state index is 13.2. The Balaban J connectivity index is 1.54. The first-order chi connectivity index (χ1) is 17.0. The van der Waals surface area contributed by atoms with E-state index in [4.69, 9.17) is 4.74 Å². The van der Waals surface area contributed by atoms with Crippen LogP contribution >= 0.6 is 15.9 Å². The second kappa shape index (κ2) is 11.1. The van der Waals surface area contributed by atoms with Gasteiger partial charge in [-0.15, -0.1) is 0 Å². The molecule has 0 spiro atoms. The van der Waals surface area contributed by atoms with E-state index in [2.05, 4.69) is 38.5 Å². The molecule has 3 aromatic carbocycles. The number of amides is 1. The molecule has 35 heavy (non-hydrogen) atoms. The molecule has 4 rings (SSSR count). The molecule has 6 nitrogen and oxygen atoms in total. The third-order valence-electron chi connectivity index (χ3n) is 5.68. The lowest BCUT2D eigenvalue weighted by atomic mass is 9.98. The normalized spacial score (nSPS) is 11.6. The molecule has 1 N–H and O–H groups in total. The van der Waals surface area contributed by atoms with Crippen molar-refractivity contribution in [2.45, 2.75) is 26.3 Å². The Hall–Kier alpha value is -3.71. The minimum Gasteiger partial charge on any atom is -0.461 e. The van der Waals surface area contributed by atoms with Gasteiger partial charge in [-0.25, -0.2) is 9.48 Å². The fraction of sp³-hybridized carbons (Fsp3) is 0.179. The van der Waals surface area contributed by atoms with Crippen molar-refractivity contribution in [1.29, 1.82) is 0 Å². The number of aromatic nitrogens is 2. The monoisotopic (exact) mass is 531 g/mol. The zero-order valence-corrected chi connectivity index (χ0v) is 21.2. The highest BCUT2D eigenvalue weighted by Gasteiger charge is 2.21. The van der Waals surface area contributed by atoms with E-state index in [0.717, 1.165) is 22.5 Å². The van der Waals surface area contributed by atoms with Crippen LogP contribution in [0.25, 0.3) is 5.69 Å². The van der Waals surface area contributed by atoms with Crippen LogP contribution in [0.15, 0.2) is 89.4 Å². The van der Waals surface area contributed by atoms with Gasteiger partial charge < -0.3 is 10.1 Å². The van der Waals surface area contributed by atoms with E-state index in [-0.39, 0.29) is 24.2 Å². The molecule has 1 aromatic heterocycles. The first kappa shape index (κ1) is 24.4. The summed E-state index contributed by atoms with van der Waals surface area (Å²) in [5.74, 6) is -0.644. The van der Waals surface area contributed by atoms with E-state index >= 15 is 0 Å². The highest BCUT2D eigenvalue weighted by molar-refractivity contribution is 9.10. The molecule has 7 heteroatoms. The summed E-state index contributed by atoms with van der Waals surface area (Å²) < 4.78 is 7.32. The van der Waals surface area contributed by atoms with E-state index in [9.17, 15) is 9.59 Å². The summed E-state index contributed by atoms with van der Waals surface area (Å²) in [5, 5.41) is 7.58. The lowest BCUT2D eigenvalue weighted by Gasteiger charge is -2.20. The number of rotatable bonds is 8. The first-order valence-corrected chi connectivity index (χ1v) is 12.2. The van der Waals surface area contributed by atoms with Crippen molar-refractivity contribution >= 4 is 27.8 Å². The Kier molecular flexibility index (Phi) is 7.77. The van der Waals surface area contributed by atoms with Gasteiger partial charge in [0, 0.05) is 5.56 Å². The Labute approximate surface area is 213 Å². The largest absolute Gasteiger partial charge is 0.461 e. The summed E-state index contributed by atoms with van der Waals surface area (Å²) in [5.41, 5.74) is 4.45. The Morgan fingerprint density at radius 1 is 0.971 bits per heavy atom. The molecule has 1 amide bonds. The van der Waals surface area contributed by atoms with Crippen LogP contribution in [0.3, 0.4) is 0 Å². The number of carbonyl (C=O) groups excluding carboxylic acids is 2. The molecule has 0 aliphatic heterocycles. The number of carbonyl (C=O) groups is 2. The molecule has 0 bridgehead atoms. The Morgan fingerprint density at radius 3 is 2.23 bits per heavy atom. The van der Waals surface area contributed by atoms with Crippen molar-refractivity contribution in [2.24, 2.45) is 0 Å². The van der Waals surface area contributed by atoms with Gasteiger partial charge in [0.2, 0.25) is 0 Å². The number of benzene rings is 3. The smallest absolute Gasteiger partial charge is 0.360 e. The van der Waals surface area contributed by atoms with Gasteiger partial charge in [-0.05, 0) is 71.6 Å². The second-order valence-electron chi connectivity index (χ2n) is 8.05. The molecule has 0 saturated carbocycles. The minimum absolute atomic E-state index is 0.160. The van der Waals surface area contributed by atoms with E-state index in [1.807, 2.05) is 67.6 Å². The van der Waals surface area contributed by atoms with Crippen LogP contribution < -0.4 is 5.32 Å². The number of nitrogens with one attached hydrogen (secondary N) is 1. The molecular formula is C28H26BrN3O3. The topological polar surface area (TPSA) is 73.2 Å². The van der Waals surface area contributed by atoms with Crippen LogP contribution in [0.2, 0.25) is 0 Å². The third kappa shape index (κ3) is 5.69. The molecule has 178 valence electrons. The predicted molar refractivity (Wildman–Crippen MR) is 139 cm³/mol. The fourth-order valence-electron chi connectivity index (χ4n) is 3.85. The van der Waals surface area contributed by atoms with Crippen molar-refractivity contribution in [3.05, 3.63) is 117 Å². The lowest BCUT2D eigenvalue weighted by Crippen LogP contribution is -2.30. The van der Waals surface area contributed by atoms with Gasteiger partial charge in [0.25, 0.3) is 5.91 Å². The van der Waals surface area contributed by atoms with Gasteiger partial charge >= 0.3 is 5.97 Å². The Morgan fingerprint density at radius 2 is 1.60 bits per heavy atom. The van der Waals surface area contributed by atoms with Crippen molar-refractivity contribution < 1.29 is 14.3 Å². The van der Waals surface area contributed by atoms with E-state index in [1.54, 1.807) is 23.7 Å². The minimum atomic E-state index is -0.484. The van der Waals surface area contributed by atoms with Crippen LogP contribution in [-0.2, 0) is 11.2 Å². The van der Waals surface area contributed by atoms with Gasteiger partial charge in [-0.3, -0.25) is 4.79 Å². The molecule has 0 aliphatic rings. The van der Waals surface area contributed by atoms with Crippen LogP contribution in [0.5, 0.6) is 0 Å². The molecule has 1 heterocycles. The maximum absolute atomic E-state index is 13.2. The molecular weight excluding hydrogens is 506 g/mol. The van der Waals surface area contributed by atoms with Crippen LogP contribution in [0.1, 0.15) is 50.6 Å². The highest BCUT2D eigenvalue weighted by Crippen LogP contribution is 2.25. The third-order valence-corrected chi connectivity index (χ3v) is 6.63. The summed E-state index contributed by atoms with van der Waals surface area (Å²) >= 11 is 3.43. The van der Waals surface area contributed by atoms with Gasteiger partial charge in [0.15, 0.2) is 5.69 Å². The first-order valence-electron chi connectivity index (χ1n) is 11.4. The van der Waals surface area contributed by atoms with E-state index < -0.39 is 5.97 Å². The fourth-order valence-corrected chi connectivity index (χ4v) is 4.26. The van der Waals surface area contributed by atoms with Crippen molar-refractivity contribution in [2.75, 3.05) is 6.61 Å². The van der Waals surface area contributed by atoms with Crippen molar-refractivity contribution in [1.82, 2.24) is 15.1 Å². The quantitative estimate of drug-likeness (QED) is 0.290. The zero-order chi connectivity index (χ0) is 24.8. The lowest BCUT2D eigenvalue weighted by molar-refractivity contribution is 0.0517. The molecule has 0 fully saturated rings. The van der Waals surface area contributed by atoms with Gasteiger partial charge in [-0.2, -0.15) is 5.10 Å². The van der Waals surface area contributed by atoms with Gasteiger partial charge in [-0.1, -0.05) is 60.7 Å². The summed E-state index contributed by atoms with van der Waals surface area (Å²) in [4.78, 5) is 25.3. The van der Waals surface area contributed by atoms with Crippen LogP contribution in [0.4, 0.5) is 0 Å². The maximum Gasteiger partial charge on any atom is 0.360 e. The molecule has 0 saturated heterocycles. The summed E-state index contributed by atoms with van der Waals surface area (Å²) in [6.07, 6.45) is 0.686. The summed E-state index contributed by atoms with van der Waals surface area (Å²) in [7, 11) is 0. The number of hydrogen-bond donors (Lipinski definition) is 1. The molecule has 1 atom stereocenters. The average molecular weight is 532 g/mol. The number of nitrogens with zero attached hydrogens (tertiary/aromatic N) is 2. The molecule has 0 unspecified atom stereocenters. The standard InChI is InChI=1S/C28H26BrN3O3/c1-3-35-28(34)26-25(29)19(2)32(31-26)23-16-14-22(15-17-23)27(33)30-24(21-12-8-5-9-13-21)18-20-10-6-4-7-11-20/h4-17,24H,3,18H2,1-2H3,(H,30,33)/t24-/m0/s1.